The van der Waals surface area contributed by atoms with Crippen LogP contribution in [-0.4, -0.2) is 18.3 Å². The van der Waals surface area contributed by atoms with Crippen molar-refractivity contribution in [1.29, 1.82) is 0 Å². The van der Waals surface area contributed by atoms with Gasteiger partial charge in [-0.25, -0.2) is 5.53 Å². The van der Waals surface area contributed by atoms with E-state index < -0.39 is 0 Å². The molecule has 0 atom stereocenters. The van der Waals surface area contributed by atoms with E-state index in [1.54, 1.807) is 6.21 Å². The molecule has 0 amide bonds. The van der Waals surface area contributed by atoms with Gasteiger partial charge in [-0.05, 0) is 11.6 Å². The number of nitrogens with one attached hydrogen (secondary N) is 1. The Morgan fingerprint density at radius 1 is 1.29 bits per heavy atom. The van der Waals surface area contributed by atoms with Gasteiger partial charge in [-0.15, -0.1) is 0 Å². The quantitative estimate of drug-likeness (QED) is 0.760. The van der Waals surface area contributed by atoms with Crippen LogP contribution in [0.5, 0.6) is 0 Å². The minimum absolute atomic E-state index is 0.927. The van der Waals surface area contributed by atoms with Gasteiger partial charge in [0, 0.05) is 19.2 Å². The largest absolute Gasteiger partial charge is 0.279 e. The van der Waals surface area contributed by atoms with E-state index in [1.807, 2.05) is 24.2 Å². The van der Waals surface area contributed by atoms with Gasteiger partial charge in [0.25, 0.3) is 0 Å². The number of allylic oxidation sites excluding steroid dienone is 2. The topological polar surface area (TPSA) is 27.6 Å². The predicted molar refractivity (Wildman–Crippen MR) is 57.6 cm³/mol. The highest BCUT2D eigenvalue weighted by Crippen LogP contribution is 2.10. The van der Waals surface area contributed by atoms with Crippen LogP contribution in [0, 0.1) is 0 Å². The van der Waals surface area contributed by atoms with Gasteiger partial charge in [0.05, 0.1) is 6.21 Å². The SMILES string of the molecule is CN1NN=CC=C1Cc1ccccc1. The Hall–Kier alpha value is -1.77. The highest BCUT2D eigenvalue weighted by molar-refractivity contribution is 5.72. The molecule has 1 aliphatic heterocycles. The Balaban J connectivity index is 2.11. The molecule has 3 nitrogen and oxygen atoms in total. The average Bonchev–Trinajstić information content (AvgIpc) is 2.23. The van der Waals surface area contributed by atoms with Crippen molar-refractivity contribution in [1.82, 2.24) is 10.5 Å². The van der Waals surface area contributed by atoms with Crippen LogP contribution in [0.15, 0.2) is 47.2 Å². The molecule has 0 fully saturated rings. The fraction of sp³-hybridized carbons (Fsp3) is 0.182. The van der Waals surface area contributed by atoms with E-state index >= 15 is 0 Å². The zero-order chi connectivity index (χ0) is 9.80. The van der Waals surface area contributed by atoms with E-state index in [-0.39, 0.29) is 0 Å². The first kappa shape index (κ1) is 8.81. The molecule has 0 saturated heterocycles. The summed E-state index contributed by atoms with van der Waals surface area (Å²) in [6.07, 6.45) is 4.72. The zero-order valence-electron chi connectivity index (χ0n) is 8.14. The number of likely N-dealkylation sites (N-methyl/N-ethyl adjacent to an activating group) is 1. The summed E-state index contributed by atoms with van der Waals surface area (Å²) in [6, 6.07) is 10.4. The highest BCUT2D eigenvalue weighted by Gasteiger charge is 2.06. The fourth-order valence-electron chi connectivity index (χ4n) is 1.40. The maximum Gasteiger partial charge on any atom is 0.0506 e. The molecular formula is C11H13N3. The zero-order valence-corrected chi connectivity index (χ0v) is 8.14. The van der Waals surface area contributed by atoms with E-state index in [0.717, 1.165) is 6.42 Å². The van der Waals surface area contributed by atoms with Crippen molar-refractivity contribution in [2.45, 2.75) is 6.42 Å². The summed E-state index contributed by atoms with van der Waals surface area (Å²) >= 11 is 0. The van der Waals surface area contributed by atoms with Crippen molar-refractivity contribution in [3.63, 3.8) is 0 Å². The first-order chi connectivity index (χ1) is 6.86. The summed E-state index contributed by atoms with van der Waals surface area (Å²) in [4.78, 5) is 0. The molecule has 0 bridgehead atoms. The van der Waals surface area contributed by atoms with Gasteiger partial charge >= 0.3 is 0 Å². The van der Waals surface area contributed by atoms with Gasteiger partial charge in [-0.3, -0.25) is 5.01 Å². The minimum Gasteiger partial charge on any atom is -0.279 e. The average molecular weight is 187 g/mol. The molecule has 1 aliphatic rings. The van der Waals surface area contributed by atoms with Gasteiger partial charge in [-0.2, -0.15) is 5.10 Å². The molecule has 72 valence electrons. The lowest BCUT2D eigenvalue weighted by atomic mass is 10.1. The van der Waals surface area contributed by atoms with Crippen LogP contribution < -0.4 is 5.53 Å². The van der Waals surface area contributed by atoms with Crippen LogP contribution in [0.3, 0.4) is 0 Å². The third-order valence-electron chi connectivity index (χ3n) is 2.21. The molecule has 0 aromatic heterocycles. The van der Waals surface area contributed by atoms with Gasteiger partial charge < -0.3 is 0 Å². The van der Waals surface area contributed by atoms with E-state index in [1.165, 1.54) is 11.3 Å². The van der Waals surface area contributed by atoms with Crippen molar-refractivity contribution in [3.05, 3.63) is 47.7 Å². The van der Waals surface area contributed by atoms with Crippen molar-refractivity contribution in [2.24, 2.45) is 5.10 Å². The molecule has 0 spiro atoms. The van der Waals surface area contributed by atoms with Crippen LogP contribution in [0.2, 0.25) is 0 Å². The predicted octanol–water partition coefficient (Wildman–Crippen LogP) is 1.55. The normalized spacial score (nSPS) is 14.9. The second-order valence-corrected chi connectivity index (χ2v) is 3.26. The molecule has 3 heteroatoms. The molecule has 1 heterocycles. The second kappa shape index (κ2) is 3.96. The lowest BCUT2D eigenvalue weighted by Gasteiger charge is -2.23. The third-order valence-corrected chi connectivity index (χ3v) is 2.21. The van der Waals surface area contributed by atoms with E-state index in [4.69, 9.17) is 0 Å². The van der Waals surface area contributed by atoms with Crippen LogP contribution >= 0.6 is 0 Å². The molecule has 0 aliphatic carbocycles. The van der Waals surface area contributed by atoms with Crippen molar-refractivity contribution >= 4 is 6.21 Å². The number of hydrazine groups is 1. The molecule has 0 radical (unpaired) electrons. The lowest BCUT2D eigenvalue weighted by molar-refractivity contribution is 0.298. The van der Waals surface area contributed by atoms with Crippen LogP contribution in [-0.2, 0) is 6.42 Å². The molecule has 0 saturated carbocycles. The van der Waals surface area contributed by atoms with Crippen LogP contribution in [0.25, 0.3) is 0 Å². The lowest BCUT2D eigenvalue weighted by Crippen LogP contribution is -2.32. The van der Waals surface area contributed by atoms with Crippen molar-refractivity contribution in [2.75, 3.05) is 7.05 Å². The molecule has 2 rings (SSSR count). The summed E-state index contributed by atoms with van der Waals surface area (Å²) in [5, 5.41) is 5.85. The number of nitrogens with zero attached hydrogens (tertiary/aromatic N) is 2. The molecule has 1 N–H and O–H groups in total. The maximum atomic E-state index is 3.92. The van der Waals surface area contributed by atoms with Gasteiger partial charge in [0.1, 0.15) is 0 Å². The fourth-order valence-corrected chi connectivity index (χ4v) is 1.40. The molecule has 1 aromatic rings. The summed E-state index contributed by atoms with van der Waals surface area (Å²) in [5.74, 6) is 0. The molecule has 1 aromatic carbocycles. The number of hydrogen-bond acceptors (Lipinski definition) is 3. The van der Waals surface area contributed by atoms with Gasteiger partial charge in [0.2, 0.25) is 0 Å². The first-order valence-electron chi connectivity index (χ1n) is 4.62. The Labute approximate surface area is 83.7 Å². The summed E-state index contributed by atoms with van der Waals surface area (Å²) in [7, 11) is 1.96. The number of hydrazone groups is 1. The Morgan fingerprint density at radius 3 is 2.79 bits per heavy atom. The highest BCUT2D eigenvalue weighted by atomic mass is 15.6. The second-order valence-electron chi connectivity index (χ2n) is 3.26. The molecular weight excluding hydrogens is 174 g/mol. The monoisotopic (exact) mass is 187 g/mol. The van der Waals surface area contributed by atoms with E-state index in [0.29, 0.717) is 0 Å². The maximum absolute atomic E-state index is 3.92. The molecule has 0 unspecified atom stereocenters. The van der Waals surface area contributed by atoms with E-state index in [9.17, 15) is 0 Å². The van der Waals surface area contributed by atoms with Crippen molar-refractivity contribution in [3.8, 4) is 0 Å². The summed E-state index contributed by atoms with van der Waals surface area (Å²) in [6.45, 7) is 0. The Kier molecular flexibility index (Phi) is 2.49. The number of benzene rings is 1. The number of rotatable bonds is 2. The van der Waals surface area contributed by atoms with Gasteiger partial charge in [-0.1, -0.05) is 30.3 Å². The first-order valence-corrected chi connectivity index (χ1v) is 4.62. The molecule has 14 heavy (non-hydrogen) atoms. The smallest absolute Gasteiger partial charge is 0.0506 e. The summed E-state index contributed by atoms with van der Waals surface area (Å²) < 4.78 is 0. The Bertz CT molecular complexity index is 354. The van der Waals surface area contributed by atoms with Crippen molar-refractivity contribution < 1.29 is 0 Å². The van der Waals surface area contributed by atoms with E-state index in [2.05, 4.69) is 34.9 Å². The minimum atomic E-state index is 0.927. The van der Waals surface area contributed by atoms with Gasteiger partial charge in [0.15, 0.2) is 0 Å². The van der Waals surface area contributed by atoms with Crippen LogP contribution in [0.4, 0.5) is 0 Å². The van der Waals surface area contributed by atoms with Crippen LogP contribution in [0.1, 0.15) is 5.56 Å². The number of hydrogen-bond donors (Lipinski definition) is 1. The summed E-state index contributed by atoms with van der Waals surface area (Å²) in [5.41, 5.74) is 5.41. The Morgan fingerprint density at radius 2 is 2.07 bits per heavy atom. The third kappa shape index (κ3) is 1.93. The standard InChI is InChI=1S/C11H13N3/c1-14-11(7-8-12-13-14)9-10-5-3-2-4-6-10/h2-8,13H,9H2,1H3.